The molecule has 0 bridgehead atoms. The van der Waals surface area contributed by atoms with E-state index in [1.54, 1.807) is 11.3 Å². The number of thiazole rings is 1. The van der Waals surface area contributed by atoms with Crippen LogP contribution in [0.3, 0.4) is 0 Å². The Kier molecular flexibility index (Phi) is 3.18. The minimum absolute atomic E-state index is 0.208. The molecule has 0 aliphatic rings. The van der Waals surface area contributed by atoms with E-state index in [-0.39, 0.29) is 6.04 Å². The number of rotatable bonds is 4. The highest BCUT2D eigenvalue weighted by molar-refractivity contribution is 7.09. The zero-order valence-corrected chi connectivity index (χ0v) is 9.57. The Labute approximate surface area is 93.6 Å². The number of hydrogen-bond acceptors (Lipinski definition) is 3. The Morgan fingerprint density at radius 3 is 3.13 bits per heavy atom. The molecule has 0 aliphatic carbocycles. The molecular weight excluding hydrogens is 206 g/mol. The third-order valence-electron chi connectivity index (χ3n) is 2.26. The molecule has 80 valence electrons. The molecule has 0 aromatic carbocycles. The zero-order chi connectivity index (χ0) is 10.7. The lowest BCUT2D eigenvalue weighted by molar-refractivity contribution is 0.669. The van der Waals surface area contributed by atoms with Crippen LogP contribution in [-0.4, -0.2) is 15.6 Å². The summed E-state index contributed by atoms with van der Waals surface area (Å²) in [5.41, 5.74) is 8.96. The molecule has 0 radical (unpaired) electrons. The van der Waals surface area contributed by atoms with Crippen LogP contribution >= 0.6 is 11.3 Å². The SMILES string of the molecule is CC(N)Cc1cccn1Cc1cncs1. The van der Waals surface area contributed by atoms with Crippen LogP contribution in [0.25, 0.3) is 0 Å². The van der Waals surface area contributed by atoms with Gasteiger partial charge < -0.3 is 10.3 Å². The molecule has 4 heteroatoms. The van der Waals surface area contributed by atoms with Crippen LogP contribution in [0.5, 0.6) is 0 Å². The third-order valence-corrected chi connectivity index (χ3v) is 3.03. The summed E-state index contributed by atoms with van der Waals surface area (Å²) >= 11 is 1.69. The van der Waals surface area contributed by atoms with Gasteiger partial charge in [-0.25, -0.2) is 0 Å². The smallest absolute Gasteiger partial charge is 0.0794 e. The predicted molar refractivity (Wildman–Crippen MR) is 63.0 cm³/mol. The molecule has 3 nitrogen and oxygen atoms in total. The Morgan fingerprint density at radius 1 is 1.60 bits per heavy atom. The van der Waals surface area contributed by atoms with Gasteiger partial charge in [-0.2, -0.15) is 0 Å². The van der Waals surface area contributed by atoms with Crippen LogP contribution in [-0.2, 0) is 13.0 Å². The highest BCUT2D eigenvalue weighted by Crippen LogP contribution is 2.12. The van der Waals surface area contributed by atoms with E-state index in [4.69, 9.17) is 5.73 Å². The Morgan fingerprint density at radius 2 is 2.47 bits per heavy atom. The van der Waals surface area contributed by atoms with E-state index in [1.807, 2.05) is 18.6 Å². The molecule has 2 heterocycles. The van der Waals surface area contributed by atoms with Gasteiger partial charge in [0.25, 0.3) is 0 Å². The summed E-state index contributed by atoms with van der Waals surface area (Å²) in [6.45, 7) is 2.93. The first-order valence-corrected chi connectivity index (χ1v) is 5.90. The van der Waals surface area contributed by atoms with Crippen molar-refractivity contribution >= 4 is 11.3 Å². The lowest BCUT2D eigenvalue weighted by Gasteiger charge is -2.09. The quantitative estimate of drug-likeness (QED) is 0.856. The van der Waals surface area contributed by atoms with Gasteiger partial charge in [-0.1, -0.05) is 0 Å². The average molecular weight is 221 g/mol. The minimum atomic E-state index is 0.208. The first-order valence-electron chi connectivity index (χ1n) is 5.02. The summed E-state index contributed by atoms with van der Waals surface area (Å²) in [6, 6.07) is 4.41. The van der Waals surface area contributed by atoms with Gasteiger partial charge in [0, 0.05) is 35.4 Å². The van der Waals surface area contributed by atoms with Crippen molar-refractivity contribution in [3.63, 3.8) is 0 Å². The lowest BCUT2D eigenvalue weighted by Crippen LogP contribution is -2.19. The van der Waals surface area contributed by atoms with Gasteiger partial charge in [0.15, 0.2) is 0 Å². The highest BCUT2D eigenvalue weighted by atomic mass is 32.1. The molecule has 0 amide bonds. The van der Waals surface area contributed by atoms with Gasteiger partial charge >= 0.3 is 0 Å². The minimum Gasteiger partial charge on any atom is -0.346 e. The van der Waals surface area contributed by atoms with Crippen molar-refractivity contribution in [2.45, 2.75) is 25.9 Å². The van der Waals surface area contributed by atoms with E-state index in [9.17, 15) is 0 Å². The Bertz CT molecular complexity index is 403. The summed E-state index contributed by atoms with van der Waals surface area (Å²) in [4.78, 5) is 5.35. The van der Waals surface area contributed by atoms with Crippen molar-refractivity contribution in [3.8, 4) is 0 Å². The first kappa shape index (κ1) is 10.4. The van der Waals surface area contributed by atoms with Crippen molar-refractivity contribution < 1.29 is 0 Å². The first-order chi connectivity index (χ1) is 7.25. The van der Waals surface area contributed by atoms with E-state index in [0.717, 1.165) is 13.0 Å². The van der Waals surface area contributed by atoms with Crippen molar-refractivity contribution in [1.29, 1.82) is 0 Å². The number of nitrogens with two attached hydrogens (primary N) is 1. The zero-order valence-electron chi connectivity index (χ0n) is 8.76. The molecule has 0 saturated heterocycles. The van der Waals surface area contributed by atoms with Crippen molar-refractivity contribution in [2.24, 2.45) is 5.73 Å². The second-order valence-electron chi connectivity index (χ2n) is 3.78. The van der Waals surface area contributed by atoms with Crippen LogP contribution in [0.1, 0.15) is 17.5 Å². The van der Waals surface area contributed by atoms with Gasteiger partial charge in [-0.15, -0.1) is 11.3 Å². The lowest BCUT2D eigenvalue weighted by atomic mass is 10.2. The third kappa shape index (κ3) is 2.67. The molecule has 1 unspecified atom stereocenters. The highest BCUT2D eigenvalue weighted by Gasteiger charge is 2.04. The van der Waals surface area contributed by atoms with Gasteiger partial charge in [-0.05, 0) is 19.1 Å². The van der Waals surface area contributed by atoms with Crippen molar-refractivity contribution in [3.05, 3.63) is 40.6 Å². The molecule has 2 rings (SSSR count). The van der Waals surface area contributed by atoms with Crippen LogP contribution < -0.4 is 5.73 Å². The molecule has 1 atom stereocenters. The van der Waals surface area contributed by atoms with Crippen LogP contribution in [0.2, 0.25) is 0 Å². The topological polar surface area (TPSA) is 43.8 Å². The van der Waals surface area contributed by atoms with Crippen LogP contribution in [0, 0.1) is 0 Å². The molecule has 2 aromatic heterocycles. The van der Waals surface area contributed by atoms with Crippen molar-refractivity contribution in [1.82, 2.24) is 9.55 Å². The molecule has 0 saturated carbocycles. The number of hydrogen-bond donors (Lipinski definition) is 1. The average Bonchev–Trinajstić information content (AvgIpc) is 2.78. The van der Waals surface area contributed by atoms with Gasteiger partial charge in [-0.3, -0.25) is 4.98 Å². The van der Waals surface area contributed by atoms with E-state index >= 15 is 0 Å². The molecule has 2 aromatic rings. The molecule has 0 fully saturated rings. The fraction of sp³-hybridized carbons (Fsp3) is 0.364. The van der Waals surface area contributed by atoms with Gasteiger partial charge in [0.1, 0.15) is 0 Å². The molecular formula is C11H15N3S. The fourth-order valence-corrected chi connectivity index (χ4v) is 2.20. The van der Waals surface area contributed by atoms with Crippen LogP contribution in [0.15, 0.2) is 30.0 Å². The van der Waals surface area contributed by atoms with E-state index in [0.29, 0.717) is 0 Å². The monoisotopic (exact) mass is 221 g/mol. The summed E-state index contributed by atoms with van der Waals surface area (Å²) in [5, 5.41) is 0. The van der Waals surface area contributed by atoms with Gasteiger partial charge in [0.05, 0.1) is 12.1 Å². The maximum Gasteiger partial charge on any atom is 0.0794 e. The predicted octanol–water partition coefficient (Wildman–Crippen LogP) is 1.88. The summed E-state index contributed by atoms with van der Waals surface area (Å²) < 4.78 is 2.23. The van der Waals surface area contributed by atoms with E-state index in [2.05, 4.69) is 27.9 Å². The number of nitrogens with zero attached hydrogens (tertiary/aromatic N) is 2. The second-order valence-corrected chi connectivity index (χ2v) is 4.75. The largest absolute Gasteiger partial charge is 0.346 e. The molecule has 0 spiro atoms. The molecule has 0 aliphatic heterocycles. The second kappa shape index (κ2) is 4.59. The standard InChI is InChI=1S/C11H15N3S/c1-9(12)5-10-3-2-4-14(10)7-11-6-13-8-15-11/h2-4,6,8-9H,5,7,12H2,1H3. The van der Waals surface area contributed by atoms with E-state index in [1.165, 1.54) is 10.6 Å². The summed E-state index contributed by atoms with van der Waals surface area (Å²) in [5.74, 6) is 0. The van der Waals surface area contributed by atoms with E-state index < -0.39 is 0 Å². The van der Waals surface area contributed by atoms with Crippen molar-refractivity contribution in [2.75, 3.05) is 0 Å². The summed E-state index contributed by atoms with van der Waals surface area (Å²) in [6.07, 6.45) is 4.93. The fourth-order valence-electron chi connectivity index (χ4n) is 1.61. The Balaban J connectivity index is 2.11. The van der Waals surface area contributed by atoms with Gasteiger partial charge in [0.2, 0.25) is 0 Å². The molecule has 2 N–H and O–H groups in total. The molecule has 15 heavy (non-hydrogen) atoms. The maximum absolute atomic E-state index is 5.80. The Hall–Kier alpha value is -1.13. The summed E-state index contributed by atoms with van der Waals surface area (Å²) in [7, 11) is 0. The van der Waals surface area contributed by atoms with Crippen LogP contribution in [0.4, 0.5) is 0 Å². The normalized spacial score (nSPS) is 12.9. The maximum atomic E-state index is 5.80. The number of aromatic nitrogens is 2.